The largest absolute Gasteiger partial charge is 0.505 e. The van der Waals surface area contributed by atoms with Crippen molar-refractivity contribution in [2.75, 3.05) is 44.9 Å². The third-order valence-electron chi connectivity index (χ3n) is 7.67. The SMILES string of the molecule is C[C@@H]1COC(C2CC(n3cc(O)cn3)CCN2C)CN1c1cc(C(=N)C=N)cc(C2(O)COC2)c1. The fourth-order valence-electron chi connectivity index (χ4n) is 5.42. The van der Waals surface area contributed by atoms with Gasteiger partial charge in [0.15, 0.2) is 5.75 Å². The molecule has 3 saturated heterocycles. The number of aromatic hydroxyl groups is 1. The Morgan fingerprint density at radius 2 is 2.09 bits per heavy atom. The Bertz CT molecular complexity index is 1100. The van der Waals surface area contributed by atoms with Crippen LogP contribution in [-0.2, 0) is 15.1 Å². The molecule has 3 aliphatic heterocycles. The van der Waals surface area contributed by atoms with E-state index in [4.69, 9.17) is 20.3 Å². The van der Waals surface area contributed by atoms with Gasteiger partial charge in [-0.3, -0.25) is 10.1 Å². The van der Waals surface area contributed by atoms with Crippen LogP contribution >= 0.6 is 0 Å². The van der Waals surface area contributed by atoms with Gasteiger partial charge in [0, 0.05) is 42.6 Å². The van der Waals surface area contributed by atoms with Gasteiger partial charge in [-0.15, -0.1) is 0 Å². The van der Waals surface area contributed by atoms with Crippen LogP contribution < -0.4 is 4.90 Å². The molecule has 3 aliphatic rings. The molecule has 1 aromatic heterocycles. The number of benzene rings is 1. The molecule has 4 atom stereocenters. The second-order valence-corrected chi connectivity index (χ2v) is 10.1. The molecular weight excluding hydrogens is 448 g/mol. The minimum absolute atomic E-state index is 0.0347. The zero-order chi connectivity index (χ0) is 24.7. The molecule has 0 spiro atoms. The second-order valence-electron chi connectivity index (χ2n) is 10.1. The molecule has 35 heavy (non-hydrogen) atoms. The molecule has 3 unspecified atom stereocenters. The van der Waals surface area contributed by atoms with E-state index >= 15 is 0 Å². The summed E-state index contributed by atoms with van der Waals surface area (Å²) in [7, 11) is 2.13. The fourth-order valence-corrected chi connectivity index (χ4v) is 5.42. The molecule has 0 aliphatic carbocycles. The predicted molar refractivity (Wildman–Crippen MR) is 132 cm³/mol. The Balaban J connectivity index is 1.41. The number of aromatic nitrogens is 2. The third kappa shape index (κ3) is 4.58. The first-order valence-electron chi connectivity index (χ1n) is 12.1. The van der Waals surface area contributed by atoms with Gasteiger partial charge in [0.2, 0.25) is 0 Å². The molecule has 10 nitrogen and oxygen atoms in total. The van der Waals surface area contributed by atoms with E-state index in [-0.39, 0.29) is 48.9 Å². The number of nitrogens with zero attached hydrogens (tertiary/aromatic N) is 4. The normalized spacial score (nSPS) is 28.9. The number of nitrogens with one attached hydrogen (secondary N) is 2. The summed E-state index contributed by atoms with van der Waals surface area (Å²) in [5.74, 6) is 0.180. The molecule has 4 heterocycles. The van der Waals surface area contributed by atoms with Crippen LogP contribution in [0.3, 0.4) is 0 Å². The highest BCUT2D eigenvalue weighted by molar-refractivity contribution is 6.35. The highest BCUT2D eigenvalue weighted by Gasteiger charge is 2.41. The molecule has 0 bridgehead atoms. The predicted octanol–water partition coefficient (Wildman–Crippen LogP) is 1.75. The molecule has 5 rings (SSSR count). The van der Waals surface area contributed by atoms with Crippen LogP contribution in [-0.4, -0.2) is 95.0 Å². The Morgan fingerprint density at radius 1 is 1.29 bits per heavy atom. The van der Waals surface area contributed by atoms with Crippen LogP contribution in [0.5, 0.6) is 5.75 Å². The molecule has 1 aromatic carbocycles. The van der Waals surface area contributed by atoms with Crippen molar-refractivity contribution in [1.29, 1.82) is 10.8 Å². The number of morpholine rings is 1. The lowest BCUT2D eigenvalue weighted by Gasteiger charge is -2.47. The Kier molecular flexibility index (Phi) is 6.39. The monoisotopic (exact) mass is 482 g/mol. The van der Waals surface area contributed by atoms with Gasteiger partial charge >= 0.3 is 0 Å². The maximum absolute atomic E-state index is 11.0. The number of rotatable bonds is 6. The van der Waals surface area contributed by atoms with Crippen LogP contribution in [0.15, 0.2) is 30.6 Å². The van der Waals surface area contributed by atoms with Crippen molar-refractivity contribution in [3.05, 3.63) is 41.7 Å². The van der Waals surface area contributed by atoms with Crippen molar-refractivity contribution in [1.82, 2.24) is 14.7 Å². The Labute approximate surface area is 205 Å². The minimum atomic E-state index is -1.06. The van der Waals surface area contributed by atoms with Gasteiger partial charge in [-0.2, -0.15) is 5.10 Å². The quantitative estimate of drug-likeness (QED) is 0.462. The van der Waals surface area contributed by atoms with Crippen molar-refractivity contribution >= 4 is 17.6 Å². The van der Waals surface area contributed by atoms with E-state index in [1.165, 1.54) is 6.20 Å². The fraction of sp³-hybridized carbons (Fsp3) is 0.560. The van der Waals surface area contributed by atoms with Crippen molar-refractivity contribution < 1.29 is 19.7 Å². The van der Waals surface area contributed by atoms with E-state index in [9.17, 15) is 10.2 Å². The number of likely N-dealkylation sites (N-methyl/N-ethyl adjacent to an activating group) is 1. The Hall–Kier alpha value is -2.79. The maximum Gasteiger partial charge on any atom is 0.153 e. The first kappa shape index (κ1) is 23.9. The molecule has 0 amide bonds. The van der Waals surface area contributed by atoms with Gasteiger partial charge in [-0.1, -0.05) is 0 Å². The van der Waals surface area contributed by atoms with Gasteiger partial charge < -0.3 is 34.9 Å². The first-order chi connectivity index (χ1) is 16.8. The number of likely N-dealkylation sites (tertiary alicyclic amines) is 1. The van der Waals surface area contributed by atoms with Crippen molar-refractivity contribution in [3.63, 3.8) is 0 Å². The zero-order valence-corrected chi connectivity index (χ0v) is 20.2. The van der Waals surface area contributed by atoms with Crippen molar-refractivity contribution in [2.24, 2.45) is 0 Å². The summed E-state index contributed by atoms with van der Waals surface area (Å²) in [4.78, 5) is 4.64. The van der Waals surface area contributed by atoms with Crippen LogP contribution in [0.2, 0.25) is 0 Å². The molecule has 10 heteroatoms. The number of aliphatic hydroxyl groups is 1. The van der Waals surface area contributed by atoms with Gasteiger partial charge in [0.05, 0.1) is 50.1 Å². The summed E-state index contributed by atoms with van der Waals surface area (Å²) in [6.07, 6.45) is 5.98. The summed E-state index contributed by atoms with van der Waals surface area (Å²) >= 11 is 0. The summed E-state index contributed by atoms with van der Waals surface area (Å²) < 4.78 is 13.5. The molecule has 4 N–H and O–H groups in total. The van der Waals surface area contributed by atoms with Gasteiger partial charge in [-0.25, -0.2) is 0 Å². The molecule has 3 fully saturated rings. The summed E-state index contributed by atoms with van der Waals surface area (Å²) in [5, 5.41) is 40.8. The maximum atomic E-state index is 11.0. The molecule has 188 valence electrons. The lowest BCUT2D eigenvalue weighted by atomic mass is 9.89. The first-order valence-corrected chi connectivity index (χ1v) is 12.1. The van der Waals surface area contributed by atoms with Crippen LogP contribution in [0.4, 0.5) is 5.69 Å². The number of anilines is 1. The zero-order valence-electron chi connectivity index (χ0n) is 20.2. The highest BCUT2D eigenvalue weighted by atomic mass is 16.5. The standard InChI is InChI=1S/C25H34N6O4/c1-16-13-35-24(23-8-19(3-4-29(23)2)31-11-21(32)10-28-31)12-30(16)20-6-17(22(27)9-26)5-18(7-20)25(33)14-34-15-25/h5-7,9-11,16,19,23-24,26-27,32-33H,3-4,8,12-15H2,1-2H3/t16-,19?,23?,24?/m1/s1. The van der Waals surface area contributed by atoms with Crippen molar-refractivity contribution in [3.8, 4) is 5.75 Å². The number of ether oxygens (including phenoxy) is 2. The van der Waals surface area contributed by atoms with Gasteiger partial charge in [0.25, 0.3) is 0 Å². The average molecular weight is 483 g/mol. The smallest absolute Gasteiger partial charge is 0.153 e. The van der Waals surface area contributed by atoms with E-state index in [2.05, 4.69) is 28.9 Å². The highest BCUT2D eigenvalue weighted by Crippen LogP contribution is 2.36. The second kappa shape index (κ2) is 9.34. The van der Waals surface area contributed by atoms with Gasteiger partial charge in [0.1, 0.15) is 5.60 Å². The van der Waals surface area contributed by atoms with E-state index in [0.717, 1.165) is 31.3 Å². The Morgan fingerprint density at radius 3 is 2.74 bits per heavy atom. The average Bonchev–Trinajstić information content (AvgIpc) is 3.28. The topological polar surface area (TPSA) is 131 Å². The molecular formula is C25H34N6O4. The summed E-state index contributed by atoms with van der Waals surface area (Å²) in [5.41, 5.74) is 1.28. The number of hydrogen-bond acceptors (Lipinski definition) is 9. The van der Waals surface area contributed by atoms with E-state index in [1.54, 1.807) is 12.3 Å². The minimum Gasteiger partial charge on any atom is -0.505 e. The molecule has 0 saturated carbocycles. The lowest BCUT2D eigenvalue weighted by Crippen LogP contribution is -2.57. The van der Waals surface area contributed by atoms with Gasteiger partial charge in [-0.05, 0) is 50.6 Å². The van der Waals surface area contributed by atoms with E-state index in [0.29, 0.717) is 24.3 Å². The molecule has 2 aromatic rings. The third-order valence-corrected chi connectivity index (χ3v) is 7.67. The summed E-state index contributed by atoms with van der Waals surface area (Å²) in [6.45, 7) is 4.72. The number of hydrogen-bond donors (Lipinski definition) is 4. The number of piperidine rings is 1. The van der Waals surface area contributed by atoms with Crippen LogP contribution in [0, 0.1) is 10.8 Å². The van der Waals surface area contributed by atoms with E-state index in [1.807, 2.05) is 16.8 Å². The lowest BCUT2D eigenvalue weighted by molar-refractivity contribution is -0.184. The summed E-state index contributed by atoms with van der Waals surface area (Å²) in [6, 6.07) is 6.21. The van der Waals surface area contributed by atoms with Crippen molar-refractivity contribution in [2.45, 2.75) is 49.6 Å². The van der Waals surface area contributed by atoms with Crippen LogP contribution in [0.25, 0.3) is 0 Å². The molecule has 0 radical (unpaired) electrons. The van der Waals surface area contributed by atoms with Crippen LogP contribution in [0.1, 0.15) is 36.9 Å². The van der Waals surface area contributed by atoms with E-state index < -0.39 is 5.60 Å².